The lowest BCUT2D eigenvalue weighted by molar-refractivity contribution is 0.0602. The van der Waals surface area contributed by atoms with Gasteiger partial charge in [-0.25, -0.2) is 18.2 Å². The number of likely N-dealkylation sites (tertiary alicyclic amines) is 1. The van der Waals surface area contributed by atoms with Gasteiger partial charge in [-0.05, 0) is 54.9 Å². The minimum Gasteiger partial charge on any atom is -0.478 e. The van der Waals surface area contributed by atoms with Crippen molar-refractivity contribution in [1.29, 1.82) is 0 Å². The van der Waals surface area contributed by atoms with Gasteiger partial charge in [-0.2, -0.15) is 0 Å². The average molecular weight is 439 g/mol. The lowest BCUT2D eigenvalue weighted by atomic mass is 9.90. The molecule has 1 aromatic rings. The number of hydrogen-bond donors (Lipinski definition) is 0. The summed E-state index contributed by atoms with van der Waals surface area (Å²) >= 11 is 0. The van der Waals surface area contributed by atoms with E-state index < -0.39 is 9.84 Å². The summed E-state index contributed by atoms with van der Waals surface area (Å²) in [5.74, 6) is 2.53. The molecule has 1 aromatic heterocycles. The number of sulfone groups is 1. The van der Waals surface area contributed by atoms with E-state index >= 15 is 0 Å². The van der Waals surface area contributed by atoms with Crippen LogP contribution in [0.5, 0.6) is 5.88 Å². The third-order valence-electron chi connectivity index (χ3n) is 5.89. The highest BCUT2D eigenvalue weighted by Gasteiger charge is 2.43. The Morgan fingerprint density at radius 3 is 2.50 bits per heavy atom. The number of carbonyl (C=O) groups is 1. The maximum absolute atomic E-state index is 12.2. The lowest BCUT2D eigenvalue weighted by Crippen LogP contribution is -2.40. The smallest absolute Gasteiger partial charge is 0.409 e. The number of aromatic nitrogens is 1. The second-order valence-corrected chi connectivity index (χ2v) is 11.9. The zero-order valence-electron chi connectivity index (χ0n) is 18.5. The third-order valence-corrected chi connectivity index (χ3v) is 6.98. The number of hydrogen-bond acceptors (Lipinski definition) is 6. The normalized spacial score (nSPS) is 22.6. The fourth-order valence-corrected chi connectivity index (χ4v) is 4.61. The molecule has 1 saturated carbocycles. The Morgan fingerprint density at radius 1 is 1.23 bits per heavy atom. The Morgan fingerprint density at radius 2 is 1.93 bits per heavy atom. The maximum atomic E-state index is 12.2. The van der Waals surface area contributed by atoms with Gasteiger partial charge in [-0.3, -0.25) is 0 Å². The molecule has 3 rings (SSSR count). The predicted molar refractivity (Wildman–Crippen MR) is 114 cm³/mol. The van der Waals surface area contributed by atoms with E-state index in [1.807, 2.05) is 4.90 Å². The average Bonchev–Trinajstić information content (AvgIpc) is 3.45. The first kappa shape index (κ1) is 22.8. The van der Waals surface area contributed by atoms with Crippen molar-refractivity contribution in [2.24, 2.45) is 23.2 Å². The molecule has 1 aliphatic heterocycles. The van der Waals surface area contributed by atoms with Crippen LogP contribution in [0.4, 0.5) is 4.79 Å². The first-order valence-corrected chi connectivity index (χ1v) is 12.6. The first-order chi connectivity index (χ1) is 14.0. The van der Waals surface area contributed by atoms with E-state index in [1.54, 1.807) is 6.07 Å². The Labute approximate surface area is 180 Å². The van der Waals surface area contributed by atoms with Crippen molar-refractivity contribution in [3.63, 3.8) is 0 Å². The summed E-state index contributed by atoms with van der Waals surface area (Å²) in [6.07, 6.45) is 6.61. The molecule has 1 saturated heterocycles. The number of ether oxygens (including phenoxy) is 2. The predicted octanol–water partition coefficient (Wildman–Crippen LogP) is 3.78. The molecular formula is C22H34N2O5S. The SMILES string of the molecule is CC(C)(C)COC(=O)N1CCC(C2CC2CCOc2ccc(S(C)(=O)=O)cn2)CC1. The van der Waals surface area contributed by atoms with E-state index in [0.29, 0.717) is 30.9 Å². The van der Waals surface area contributed by atoms with Crippen LogP contribution in [-0.2, 0) is 14.6 Å². The van der Waals surface area contributed by atoms with Crippen molar-refractivity contribution >= 4 is 15.9 Å². The molecule has 2 fully saturated rings. The summed E-state index contributed by atoms with van der Waals surface area (Å²) in [5, 5.41) is 0. The highest BCUT2D eigenvalue weighted by atomic mass is 32.2. The van der Waals surface area contributed by atoms with Crippen LogP contribution in [-0.4, -0.2) is 57.0 Å². The van der Waals surface area contributed by atoms with Gasteiger partial charge in [-0.15, -0.1) is 0 Å². The highest BCUT2D eigenvalue weighted by molar-refractivity contribution is 7.90. The molecule has 2 aliphatic rings. The van der Waals surface area contributed by atoms with Gasteiger partial charge in [0.05, 0.1) is 18.1 Å². The quantitative estimate of drug-likeness (QED) is 0.644. The fraction of sp³-hybridized carbons (Fsp3) is 0.727. The topological polar surface area (TPSA) is 85.8 Å². The Bertz CT molecular complexity index is 824. The minimum absolute atomic E-state index is 0.0114. The van der Waals surface area contributed by atoms with E-state index in [0.717, 1.165) is 44.5 Å². The number of nitrogens with zero attached hydrogens (tertiary/aromatic N) is 2. The summed E-state index contributed by atoms with van der Waals surface area (Å²) in [5.41, 5.74) is -0.0114. The lowest BCUT2D eigenvalue weighted by Gasteiger charge is -2.32. The molecule has 0 N–H and O–H groups in total. The van der Waals surface area contributed by atoms with Gasteiger partial charge < -0.3 is 14.4 Å². The first-order valence-electron chi connectivity index (χ1n) is 10.7. The molecule has 2 heterocycles. The maximum Gasteiger partial charge on any atom is 0.409 e. The summed E-state index contributed by atoms with van der Waals surface area (Å²) in [7, 11) is -3.23. The van der Waals surface area contributed by atoms with Crippen LogP contribution < -0.4 is 4.74 Å². The van der Waals surface area contributed by atoms with Crippen molar-refractivity contribution < 1.29 is 22.7 Å². The summed E-state index contributed by atoms with van der Waals surface area (Å²) < 4.78 is 34.0. The molecule has 0 spiro atoms. The van der Waals surface area contributed by atoms with Gasteiger partial charge in [0.2, 0.25) is 5.88 Å². The number of piperidine rings is 1. The highest BCUT2D eigenvalue weighted by Crippen LogP contribution is 2.49. The molecule has 8 heteroatoms. The minimum atomic E-state index is -3.23. The molecule has 30 heavy (non-hydrogen) atoms. The molecule has 0 aromatic carbocycles. The van der Waals surface area contributed by atoms with Crippen molar-refractivity contribution in [2.45, 2.75) is 51.3 Å². The number of amides is 1. The second kappa shape index (κ2) is 9.12. The number of pyridine rings is 1. The van der Waals surface area contributed by atoms with Crippen LogP contribution >= 0.6 is 0 Å². The van der Waals surface area contributed by atoms with E-state index in [9.17, 15) is 13.2 Å². The molecule has 2 unspecified atom stereocenters. The summed E-state index contributed by atoms with van der Waals surface area (Å²) in [6.45, 7) is 8.78. The molecule has 168 valence electrons. The molecule has 0 radical (unpaired) electrons. The second-order valence-electron chi connectivity index (χ2n) is 9.84. The third kappa shape index (κ3) is 6.59. The molecule has 0 bridgehead atoms. The van der Waals surface area contributed by atoms with Crippen LogP contribution in [0.25, 0.3) is 0 Å². The van der Waals surface area contributed by atoms with E-state index in [-0.39, 0.29) is 16.4 Å². The van der Waals surface area contributed by atoms with Crippen LogP contribution in [0.1, 0.15) is 46.5 Å². The fourth-order valence-electron chi connectivity index (χ4n) is 4.05. The van der Waals surface area contributed by atoms with Gasteiger partial charge in [0.25, 0.3) is 0 Å². The number of carbonyl (C=O) groups excluding carboxylic acids is 1. The largest absolute Gasteiger partial charge is 0.478 e. The zero-order chi connectivity index (χ0) is 21.9. The van der Waals surface area contributed by atoms with Gasteiger partial charge in [0.1, 0.15) is 0 Å². The molecule has 1 amide bonds. The van der Waals surface area contributed by atoms with Gasteiger partial charge in [-0.1, -0.05) is 20.8 Å². The Balaban J connectivity index is 1.33. The van der Waals surface area contributed by atoms with Crippen LogP contribution in [0.3, 0.4) is 0 Å². The van der Waals surface area contributed by atoms with E-state index in [4.69, 9.17) is 9.47 Å². The molecule has 7 nitrogen and oxygen atoms in total. The van der Waals surface area contributed by atoms with Crippen molar-refractivity contribution in [3.8, 4) is 5.88 Å². The number of rotatable bonds is 7. The van der Waals surface area contributed by atoms with Crippen LogP contribution in [0.2, 0.25) is 0 Å². The molecule has 2 atom stereocenters. The van der Waals surface area contributed by atoms with Crippen LogP contribution in [0.15, 0.2) is 23.2 Å². The Hall–Kier alpha value is -1.83. The standard InChI is InChI=1S/C22H34N2O5S/c1-22(2,3)15-29-21(25)24-10-7-16(8-11-24)19-13-17(19)9-12-28-20-6-5-18(14-23-20)30(4,26)27/h5-6,14,16-17,19H,7-13,15H2,1-4H3. The van der Waals surface area contributed by atoms with Gasteiger partial charge in [0, 0.05) is 31.6 Å². The van der Waals surface area contributed by atoms with Crippen molar-refractivity contribution in [3.05, 3.63) is 18.3 Å². The molecular weight excluding hydrogens is 404 g/mol. The van der Waals surface area contributed by atoms with Crippen molar-refractivity contribution in [1.82, 2.24) is 9.88 Å². The van der Waals surface area contributed by atoms with E-state index in [2.05, 4.69) is 25.8 Å². The summed E-state index contributed by atoms with van der Waals surface area (Å²) in [4.78, 5) is 18.3. The monoisotopic (exact) mass is 438 g/mol. The van der Waals surface area contributed by atoms with Crippen molar-refractivity contribution in [2.75, 3.05) is 32.6 Å². The van der Waals surface area contributed by atoms with Crippen LogP contribution in [0, 0.1) is 23.2 Å². The zero-order valence-corrected chi connectivity index (χ0v) is 19.3. The van der Waals surface area contributed by atoms with Gasteiger partial charge >= 0.3 is 6.09 Å². The Kier molecular flexibility index (Phi) is 6.95. The summed E-state index contributed by atoms with van der Waals surface area (Å²) in [6, 6.07) is 3.13. The van der Waals surface area contributed by atoms with E-state index in [1.165, 1.54) is 18.7 Å². The van der Waals surface area contributed by atoms with Gasteiger partial charge in [0.15, 0.2) is 9.84 Å². The molecule has 1 aliphatic carbocycles.